The number of methoxy groups -OCH3 is 2. The maximum absolute atomic E-state index is 13.7. The molecule has 1 unspecified atom stereocenters. The normalized spacial score (nSPS) is 18.8. The molecule has 1 atom stereocenters. The van der Waals surface area contributed by atoms with Gasteiger partial charge in [0.25, 0.3) is 5.91 Å². The number of nitrogens with one attached hydrogen (secondary N) is 1. The number of carbonyl (C=O) groups is 2. The summed E-state index contributed by atoms with van der Waals surface area (Å²) in [6, 6.07) is 9.10. The number of fused-ring (bicyclic) bond motifs is 1. The van der Waals surface area contributed by atoms with Crippen molar-refractivity contribution in [3.63, 3.8) is 0 Å². The van der Waals surface area contributed by atoms with Gasteiger partial charge < -0.3 is 33.9 Å². The minimum absolute atomic E-state index is 0.115. The Labute approximate surface area is 204 Å². The predicted octanol–water partition coefficient (Wildman–Crippen LogP) is 0.234. The molecule has 0 spiro atoms. The molecule has 0 saturated carbocycles. The molecule has 4 rings (SSSR count). The quantitative estimate of drug-likeness (QED) is 0.327. The number of amides is 1. The summed E-state index contributed by atoms with van der Waals surface area (Å²) in [6.07, 6.45) is 0.662. The zero-order chi connectivity index (χ0) is 25.1. The van der Waals surface area contributed by atoms with Gasteiger partial charge in [-0.25, -0.2) is 0 Å². The van der Waals surface area contributed by atoms with Gasteiger partial charge in [0.1, 0.15) is 13.2 Å². The minimum atomic E-state index is -0.905. The lowest BCUT2D eigenvalue weighted by molar-refractivity contribution is -0.858. The fourth-order valence-corrected chi connectivity index (χ4v) is 4.49. The van der Waals surface area contributed by atoms with E-state index in [1.54, 1.807) is 36.4 Å². The molecule has 9 nitrogen and oxygen atoms in total. The molecule has 2 heterocycles. The third kappa shape index (κ3) is 4.64. The number of hydrogen-bond acceptors (Lipinski definition) is 7. The zero-order valence-electron chi connectivity index (χ0n) is 20.4. The first-order valence-corrected chi connectivity index (χ1v) is 11.5. The smallest absolute Gasteiger partial charge is 0.295 e. The molecule has 2 aromatic carbocycles. The van der Waals surface area contributed by atoms with Gasteiger partial charge in [0, 0.05) is 24.1 Å². The molecule has 0 bridgehead atoms. The van der Waals surface area contributed by atoms with E-state index in [9.17, 15) is 14.7 Å². The molecule has 0 radical (unpaired) electrons. The second-order valence-corrected chi connectivity index (χ2v) is 8.72. The molecule has 2 aromatic rings. The van der Waals surface area contributed by atoms with E-state index in [1.165, 1.54) is 24.0 Å². The molecule has 1 saturated heterocycles. The van der Waals surface area contributed by atoms with E-state index in [1.807, 2.05) is 14.1 Å². The van der Waals surface area contributed by atoms with Crippen molar-refractivity contribution < 1.29 is 38.5 Å². The van der Waals surface area contributed by atoms with Crippen molar-refractivity contribution in [2.24, 2.45) is 0 Å². The molecule has 1 N–H and O–H groups in total. The standard InChI is InChI=1S/C26H30N2O7/c1-27(2)11-6-12-28-22(17-7-5-8-19(32-3)25(17)33-4)21(24(30)26(28)31)23(29)16-9-10-18-20(15-16)35-14-13-34-18/h5,7-10,15,22,29H,6,11-14H2,1-4H3/b23-21+. The average Bonchev–Trinajstić information content (AvgIpc) is 3.12. The number of para-hydroxylation sites is 1. The molecule has 0 aliphatic carbocycles. The number of hydrogen-bond donors (Lipinski definition) is 1. The van der Waals surface area contributed by atoms with Crippen LogP contribution in [-0.2, 0) is 9.59 Å². The van der Waals surface area contributed by atoms with Crippen LogP contribution in [0.2, 0.25) is 0 Å². The molecule has 0 aromatic heterocycles. The van der Waals surface area contributed by atoms with Crippen LogP contribution in [0.25, 0.3) is 5.76 Å². The Hall–Kier alpha value is -3.72. The first-order chi connectivity index (χ1) is 16.9. The molecule has 1 amide bonds. The van der Waals surface area contributed by atoms with Gasteiger partial charge in [-0.3, -0.25) is 9.59 Å². The molecule has 2 aliphatic rings. The Morgan fingerprint density at radius 3 is 2.51 bits per heavy atom. The summed E-state index contributed by atoms with van der Waals surface area (Å²) in [5.41, 5.74) is 0.649. The molecule has 2 aliphatic heterocycles. The number of benzene rings is 2. The van der Waals surface area contributed by atoms with E-state index in [4.69, 9.17) is 18.9 Å². The highest BCUT2D eigenvalue weighted by Gasteiger charge is 2.45. The molecule has 1 fully saturated rings. The Morgan fingerprint density at radius 1 is 1.09 bits per heavy atom. The van der Waals surface area contributed by atoms with E-state index >= 15 is 0 Å². The van der Waals surface area contributed by atoms with Gasteiger partial charge in [-0.2, -0.15) is 0 Å². The molecule has 186 valence electrons. The lowest BCUT2D eigenvalue weighted by Crippen LogP contribution is -3.05. The Kier molecular flexibility index (Phi) is 7.16. The van der Waals surface area contributed by atoms with Gasteiger partial charge in [0.15, 0.2) is 23.0 Å². The molecule has 35 heavy (non-hydrogen) atoms. The monoisotopic (exact) mass is 482 g/mol. The summed E-state index contributed by atoms with van der Waals surface area (Å²) >= 11 is 0. The van der Waals surface area contributed by atoms with Crippen LogP contribution in [0.4, 0.5) is 0 Å². The zero-order valence-corrected chi connectivity index (χ0v) is 20.4. The summed E-state index contributed by atoms with van der Waals surface area (Å²) in [7, 11) is 7.03. The number of rotatable bonds is 8. The number of ether oxygens (including phenoxy) is 4. The van der Waals surface area contributed by atoms with E-state index in [2.05, 4.69) is 0 Å². The lowest BCUT2D eigenvalue weighted by Gasteiger charge is -2.29. The number of nitrogens with zero attached hydrogens (tertiary/aromatic N) is 1. The van der Waals surface area contributed by atoms with Crippen molar-refractivity contribution in [1.82, 2.24) is 4.90 Å². The fraction of sp³-hybridized carbons (Fsp3) is 0.385. The van der Waals surface area contributed by atoms with Crippen LogP contribution in [-0.4, -0.2) is 71.2 Å². The maximum Gasteiger partial charge on any atom is 0.295 e. The maximum atomic E-state index is 13.7. The lowest BCUT2D eigenvalue weighted by atomic mass is 9.94. The first-order valence-electron chi connectivity index (χ1n) is 11.5. The van der Waals surface area contributed by atoms with Crippen molar-refractivity contribution in [3.05, 3.63) is 53.1 Å². The van der Waals surface area contributed by atoms with Crippen LogP contribution in [0.3, 0.4) is 0 Å². The first kappa shape index (κ1) is 24.4. The van der Waals surface area contributed by atoms with Crippen molar-refractivity contribution in [2.45, 2.75) is 12.5 Å². The van der Waals surface area contributed by atoms with E-state index in [0.29, 0.717) is 54.7 Å². The van der Waals surface area contributed by atoms with Gasteiger partial charge in [-0.05, 0) is 23.8 Å². The highest BCUT2D eigenvalue weighted by atomic mass is 16.6. The molecular formula is C26H30N2O7. The average molecular weight is 483 g/mol. The summed E-state index contributed by atoms with van der Waals surface area (Å²) < 4.78 is 22.2. The van der Waals surface area contributed by atoms with Crippen molar-refractivity contribution in [2.75, 3.05) is 54.6 Å². The second kappa shape index (κ2) is 10.3. The topological polar surface area (TPSA) is 102 Å². The van der Waals surface area contributed by atoms with Crippen molar-refractivity contribution in [3.8, 4) is 23.0 Å². The van der Waals surface area contributed by atoms with Gasteiger partial charge in [-0.15, -0.1) is 0 Å². The number of likely N-dealkylation sites (tertiary alicyclic amines) is 1. The summed E-state index contributed by atoms with van der Waals surface area (Å²) in [5, 5.41) is 13.7. The summed E-state index contributed by atoms with van der Waals surface area (Å²) in [6.45, 7) is 1.90. The number of quaternary nitrogens is 1. The number of ketones is 1. The highest BCUT2D eigenvalue weighted by molar-refractivity contribution is 6.46. The second-order valence-electron chi connectivity index (χ2n) is 8.72. The SMILES string of the molecule is COc1cccc(C2/C(=C(\[O-])c3ccc4c(c3)OCCO4)C(=O)C(=O)N2CCC[NH+](C)C)c1OC. The van der Waals surface area contributed by atoms with Gasteiger partial charge >= 0.3 is 0 Å². The van der Waals surface area contributed by atoms with Crippen LogP contribution < -0.4 is 29.0 Å². The third-order valence-electron chi connectivity index (χ3n) is 6.14. The van der Waals surface area contributed by atoms with Crippen LogP contribution >= 0.6 is 0 Å². The van der Waals surface area contributed by atoms with Crippen LogP contribution in [0.1, 0.15) is 23.6 Å². The molecule has 9 heteroatoms. The molecular weight excluding hydrogens is 452 g/mol. The van der Waals surface area contributed by atoms with Crippen molar-refractivity contribution >= 4 is 17.4 Å². The Bertz CT molecular complexity index is 1160. The van der Waals surface area contributed by atoms with Gasteiger partial charge in [0.05, 0.1) is 40.9 Å². The number of Topliss-reactive ketones (excluding diaryl/α,β-unsaturated/α-hetero) is 1. The third-order valence-corrected chi connectivity index (χ3v) is 6.14. The highest BCUT2D eigenvalue weighted by Crippen LogP contribution is 2.45. The van der Waals surface area contributed by atoms with E-state index in [-0.39, 0.29) is 11.1 Å². The number of carbonyl (C=O) groups excluding carboxylic acids is 2. The van der Waals surface area contributed by atoms with Crippen LogP contribution in [0.15, 0.2) is 42.0 Å². The van der Waals surface area contributed by atoms with Crippen LogP contribution in [0, 0.1) is 0 Å². The Morgan fingerprint density at radius 2 is 1.83 bits per heavy atom. The predicted molar refractivity (Wildman–Crippen MR) is 126 cm³/mol. The van der Waals surface area contributed by atoms with Crippen molar-refractivity contribution in [1.29, 1.82) is 0 Å². The summed E-state index contributed by atoms with van der Waals surface area (Å²) in [4.78, 5) is 29.1. The Balaban J connectivity index is 1.86. The largest absolute Gasteiger partial charge is 0.872 e. The fourth-order valence-electron chi connectivity index (χ4n) is 4.49. The van der Waals surface area contributed by atoms with Gasteiger partial charge in [-0.1, -0.05) is 24.0 Å². The van der Waals surface area contributed by atoms with E-state index in [0.717, 1.165) is 6.54 Å². The van der Waals surface area contributed by atoms with Gasteiger partial charge in [0.2, 0.25) is 5.78 Å². The van der Waals surface area contributed by atoms with Crippen LogP contribution in [0.5, 0.6) is 23.0 Å². The van der Waals surface area contributed by atoms with E-state index < -0.39 is 23.5 Å². The minimum Gasteiger partial charge on any atom is -0.872 e. The summed E-state index contributed by atoms with van der Waals surface area (Å²) in [5.74, 6) is -0.257.